The standard InChI is InChI=1S/C8H11FO/c1-4-8(9)6-5-7(2)10-3/h4-6H,1H2,2-3H3/b7-5+,8-6+. The average molecular weight is 142 g/mol. The van der Waals surface area contributed by atoms with Crippen molar-refractivity contribution in [2.75, 3.05) is 7.11 Å². The smallest absolute Gasteiger partial charge is 0.122 e. The van der Waals surface area contributed by atoms with E-state index in [1.165, 1.54) is 19.3 Å². The lowest BCUT2D eigenvalue weighted by Crippen LogP contribution is -1.76. The van der Waals surface area contributed by atoms with Gasteiger partial charge in [0.1, 0.15) is 5.83 Å². The summed E-state index contributed by atoms with van der Waals surface area (Å²) in [6.07, 6.45) is 3.97. The summed E-state index contributed by atoms with van der Waals surface area (Å²) < 4.78 is 17.0. The number of allylic oxidation sites excluding steroid dienone is 5. The van der Waals surface area contributed by atoms with Crippen molar-refractivity contribution in [1.82, 2.24) is 0 Å². The van der Waals surface area contributed by atoms with Crippen molar-refractivity contribution in [2.24, 2.45) is 0 Å². The molecular weight excluding hydrogens is 131 g/mol. The van der Waals surface area contributed by atoms with Gasteiger partial charge < -0.3 is 4.74 Å². The molecule has 0 aliphatic heterocycles. The molecule has 0 aromatic carbocycles. The minimum atomic E-state index is -0.364. The topological polar surface area (TPSA) is 9.23 Å². The summed E-state index contributed by atoms with van der Waals surface area (Å²) in [6, 6.07) is 0. The lowest BCUT2D eigenvalue weighted by Gasteiger charge is -1.93. The van der Waals surface area contributed by atoms with Gasteiger partial charge in [-0.25, -0.2) is 4.39 Å². The van der Waals surface area contributed by atoms with Gasteiger partial charge in [0.25, 0.3) is 0 Å². The molecule has 0 aromatic rings. The number of rotatable bonds is 3. The van der Waals surface area contributed by atoms with Gasteiger partial charge in [-0.05, 0) is 25.2 Å². The SMILES string of the molecule is C=C/C(F)=C\C=C(/C)OC. The Morgan fingerprint density at radius 3 is 2.50 bits per heavy atom. The zero-order chi connectivity index (χ0) is 7.98. The molecule has 0 amide bonds. The number of methoxy groups -OCH3 is 1. The molecule has 10 heavy (non-hydrogen) atoms. The zero-order valence-corrected chi connectivity index (χ0v) is 6.23. The molecule has 0 saturated carbocycles. The van der Waals surface area contributed by atoms with E-state index >= 15 is 0 Å². The van der Waals surface area contributed by atoms with E-state index in [-0.39, 0.29) is 5.83 Å². The third-order valence-electron chi connectivity index (χ3n) is 0.994. The molecule has 0 aliphatic rings. The number of halogens is 1. The highest BCUT2D eigenvalue weighted by Crippen LogP contribution is 1.99. The van der Waals surface area contributed by atoms with Gasteiger partial charge in [0.15, 0.2) is 0 Å². The molecule has 0 rings (SSSR count). The molecule has 0 saturated heterocycles. The third-order valence-corrected chi connectivity index (χ3v) is 0.994. The predicted molar refractivity (Wildman–Crippen MR) is 40.2 cm³/mol. The van der Waals surface area contributed by atoms with Gasteiger partial charge in [0.05, 0.1) is 12.9 Å². The number of hydrogen-bond acceptors (Lipinski definition) is 1. The highest BCUT2D eigenvalue weighted by atomic mass is 19.1. The van der Waals surface area contributed by atoms with E-state index in [4.69, 9.17) is 4.74 Å². The van der Waals surface area contributed by atoms with Crippen LogP contribution in [0.3, 0.4) is 0 Å². The zero-order valence-electron chi connectivity index (χ0n) is 6.23. The quantitative estimate of drug-likeness (QED) is 0.434. The highest BCUT2D eigenvalue weighted by molar-refractivity contribution is 5.16. The van der Waals surface area contributed by atoms with Gasteiger partial charge in [-0.15, -0.1) is 0 Å². The van der Waals surface area contributed by atoms with Gasteiger partial charge in [-0.2, -0.15) is 0 Å². The van der Waals surface area contributed by atoms with Crippen LogP contribution in [0.5, 0.6) is 0 Å². The van der Waals surface area contributed by atoms with Crippen LogP contribution in [0.25, 0.3) is 0 Å². The van der Waals surface area contributed by atoms with Crippen LogP contribution < -0.4 is 0 Å². The van der Waals surface area contributed by atoms with Gasteiger partial charge in [-0.1, -0.05) is 6.58 Å². The summed E-state index contributed by atoms with van der Waals surface area (Å²) in [7, 11) is 1.53. The van der Waals surface area contributed by atoms with E-state index in [0.717, 1.165) is 6.08 Å². The van der Waals surface area contributed by atoms with Crippen LogP contribution in [0.1, 0.15) is 6.92 Å². The van der Waals surface area contributed by atoms with Crippen LogP contribution in [0.15, 0.2) is 36.4 Å². The summed E-state index contributed by atoms with van der Waals surface area (Å²) in [6.45, 7) is 4.99. The van der Waals surface area contributed by atoms with Crippen molar-refractivity contribution in [3.63, 3.8) is 0 Å². The van der Waals surface area contributed by atoms with Gasteiger partial charge in [0, 0.05) is 0 Å². The minimum Gasteiger partial charge on any atom is -0.501 e. The summed E-state index contributed by atoms with van der Waals surface area (Å²) >= 11 is 0. The van der Waals surface area contributed by atoms with Crippen molar-refractivity contribution in [3.05, 3.63) is 36.4 Å². The maximum atomic E-state index is 12.3. The first-order valence-corrected chi connectivity index (χ1v) is 2.91. The minimum absolute atomic E-state index is 0.364. The third kappa shape index (κ3) is 3.89. The average Bonchev–Trinajstić information content (AvgIpc) is 1.99. The molecule has 0 atom stereocenters. The second-order valence-corrected chi connectivity index (χ2v) is 1.74. The maximum absolute atomic E-state index is 12.3. The molecule has 0 spiro atoms. The Kier molecular flexibility index (Phi) is 4.29. The Morgan fingerprint density at radius 2 is 2.10 bits per heavy atom. The Morgan fingerprint density at radius 1 is 1.50 bits per heavy atom. The molecule has 0 aliphatic carbocycles. The van der Waals surface area contributed by atoms with Crippen LogP contribution in [0.4, 0.5) is 4.39 Å². The van der Waals surface area contributed by atoms with Crippen molar-refractivity contribution >= 4 is 0 Å². The number of ether oxygens (including phenoxy) is 1. The Balaban J connectivity index is 4.03. The second kappa shape index (κ2) is 4.79. The van der Waals surface area contributed by atoms with E-state index in [2.05, 4.69) is 6.58 Å². The van der Waals surface area contributed by atoms with Crippen LogP contribution in [0.2, 0.25) is 0 Å². The Hall–Kier alpha value is -1.05. The molecule has 0 unspecified atom stereocenters. The fraction of sp³-hybridized carbons (Fsp3) is 0.250. The summed E-state index contributed by atoms with van der Waals surface area (Å²) in [5.41, 5.74) is 0. The highest BCUT2D eigenvalue weighted by Gasteiger charge is 1.83. The molecule has 0 aromatic heterocycles. The van der Waals surface area contributed by atoms with Crippen LogP contribution in [0, 0.1) is 0 Å². The van der Waals surface area contributed by atoms with Gasteiger partial charge >= 0.3 is 0 Å². The van der Waals surface area contributed by atoms with Crippen LogP contribution in [-0.2, 0) is 4.74 Å². The molecule has 56 valence electrons. The van der Waals surface area contributed by atoms with E-state index < -0.39 is 0 Å². The lowest BCUT2D eigenvalue weighted by atomic mass is 10.4. The molecule has 0 heterocycles. The maximum Gasteiger partial charge on any atom is 0.122 e. The fourth-order valence-electron chi connectivity index (χ4n) is 0.333. The van der Waals surface area contributed by atoms with Crippen molar-refractivity contribution < 1.29 is 9.13 Å². The number of hydrogen-bond donors (Lipinski definition) is 0. The summed E-state index contributed by atoms with van der Waals surface area (Å²) in [5, 5.41) is 0. The molecular formula is C8H11FO. The molecule has 0 radical (unpaired) electrons. The first-order chi connectivity index (χ1) is 4.70. The van der Waals surface area contributed by atoms with Crippen LogP contribution >= 0.6 is 0 Å². The van der Waals surface area contributed by atoms with E-state index in [9.17, 15) is 4.39 Å². The molecule has 2 heteroatoms. The first kappa shape index (κ1) is 8.95. The van der Waals surface area contributed by atoms with Gasteiger partial charge in [-0.3, -0.25) is 0 Å². The molecule has 0 N–H and O–H groups in total. The Labute approximate surface area is 60.5 Å². The largest absolute Gasteiger partial charge is 0.501 e. The van der Waals surface area contributed by atoms with Gasteiger partial charge in [0.2, 0.25) is 0 Å². The second-order valence-electron chi connectivity index (χ2n) is 1.74. The van der Waals surface area contributed by atoms with Crippen molar-refractivity contribution in [3.8, 4) is 0 Å². The summed E-state index contributed by atoms with van der Waals surface area (Å²) in [5.74, 6) is 0.299. The van der Waals surface area contributed by atoms with E-state index in [1.807, 2.05) is 0 Å². The summed E-state index contributed by atoms with van der Waals surface area (Å²) in [4.78, 5) is 0. The van der Waals surface area contributed by atoms with E-state index in [1.54, 1.807) is 6.92 Å². The molecule has 0 fully saturated rings. The monoisotopic (exact) mass is 142 g/mol. The lowest BCUT2D eigenvalue weighted by molar-refractivity contribution is 0.293. The van der Waals surface area contributed by atoms with Crippen LogP contribution in [-0.4, -0.2) is 7.11 Å². The normalized spacial score (nSPS) is 13.1. The van der Waals surface area contributed by atoms with Crippen molar-refractivity contribution in [2.45, 2.75) is 6.92 Å². The Bertz CT molecular complexity index is 168. The molecule has 1 nitrogen and oxygen atoms in total. The first-order valence-electron chi connectivity index (χ1n) is 2.91. The molecule has 0 bridgehead atoms. The fourth-order valence-corrected chi connectivity index (χ4v) is 0.333. The van der Waals surface area contributed by atoms with E-state index in [0.29, 0.717) is 5.76 Å². The predicted octanol–water partition coefficient (Wildman–Crippen LogP) is 2.58. The van der Waals surface area contributed by atoms with Crippen molar-refractivity contribution in [1.29, 1.82) is 0 Å².